The van der Waals surface area contributed by atoms with E-state index in [2.05, 4.69) is 162 Å². The molecule has 5 heteroatoms. The molecule has 0 atom stereocenters. The molecule has 8 aromatic carbocycles. The van der Waals surface area contributed by atoms with Crippen LogP contribution in [0.1, 0.15) is 0 Å². The van der Waals surface area contributed by atoms with Crippen molar-refractivity contribution in [3.8, 4) is 62.1 Å². The fraction of sp³-hybridized carbons (Fsp3) is 0. The topological polar surface area (TPSA) is 56.7 Å². The van der Waals surface area contributed by atoms with Gasteiger partial charge in [-0.05, 0) is 64.7 Å². The van der Waals surface area contributed by atoms with Gasteiger partial charge >= 0.3 is 0 Å². The van der Waals surface area contributed by atoms with Crippen molar-refractivity contribution in [2.75, 3.05) is 0 Å². The molecular formula is C51H32N4O. The van der Waals surface area contributed by atoms with Crippen molar-refractivity contribution in [1.29, 1.82) is 0 Å². The summed E-state index contributed by atoms with van der Waals surface area (Å²) in [6.45, 7) is 0. The zero-order valence-corrected chi connectivity index (χ0v) is 30.2. The zero-order valence-electron chi connectivity index (χ0n) is 30.2. The van der Waals surface area contributed by atoms with Gasteiger partial charge in [-0.3, -0.25) is 0 Å². The lowest BCUT2D eigenvalue weighted by Crippen LogP contribution is -2.00. The Balaban J connectivity index is 1.06. The maximum atomic E-state index is 6.71. The fourth-order valence-corrected chi connectivity index (χ4v) is 7.93. The molecular weight excluding hydrogens is 685 g/mol. The highest BCUT2D eigenvalue weighted by atomic mass is 16.3. The quantitative estimate of drug-likeness (QED) is 0.172. The Kier molecular flexibility index (Phi) is 7.42. The van der Waals surface area contributed by atoms with Gasteiger partial charge in [-0.1, -0.05) is 146 Å². The van der Waals surface area contributed by atoms with Gasteiger partial charge < -0.3 is 8.98 Å². The van der Waals surface area contributed by atoms with Crippen molar-refractivity contribution in [3.05, 3.63) is 194 Å². The Morgan fingerprint density at radius 3 is 1.55 bits per heavy atom. The minimum atomic E-state index is 0.585. The first-order chi connectivity index (χ1) is 27.7. The highest BCUT2D eigenvalue weighted by Gasteiger charge is 2.19. The molecule has 0 saturated carbocycles. The number of furan rings is 1. The molecule has 11 aromatic rings. The Bertz CT molecular complexity index is 3240. The van der Waals surface area contributed by atoms with Crippen molar-refractivity contribution in [1.82, 2.24) is 19.5 Å². The summed E-state index contributed by atoms with van der Waals surface area (Å²) in [5, 5.41) is 4.49. The summed E-state index contributed by atoms with van der Waals surface area (Å²) < 4.78 is 9.06. The van der Waals surface area contributed by atoms with Gasteiger partial charge in [0.1, 0.15) is 11.2 Å². The molecule has 0 radical (unpaired) electrons. The van der Waals surface area contributed by atoms with Gasteiger partial charge in [-0.2, -0.15) is 0 Å². The number of para-hydroxylation sites is 1. The molecule has 3 heterocycles. The Morgan fingerprint density at radius 2 is 0.839 bits per heavy atom. The SMILES string of the molecule is c1ccc(-c2cccc(-c3nc(-c4ccccc4)nc(-c4ccc5c(c4)oc4cc6c(cc45)c4ccccc4n6-c4cccc(-c5ccccc5)c4)n3)c2)cc1. The minimum Gasteiger partial charge on any atom is -0.456 e. The predicted octanol–water partition coefficient (Wildman–Crippen LogP) is 13.2. The van der Waals surface area contributed by atoms with Crippen LogP contribution in [0.25, 0.3) is 106 Å². The molecule has 0 aliphatic rings. The number of aromatic nitrogens is 4. The van der Waals surface area contributed by atoms with E-state index in [9.17, 15) is 0 Å². The van der Waals surface area contributed by atoms with E-state index < -0.39 is 0 Å². The van der Waals surface area contributed by atoms with E-state index in [0.29, 0.717) is 17.5 Å². The molecule has 0 fully saturated rings. The standard InChI is InChI=1S/C51H32N4O/c1-4-14-33(15-5-1)36-20-12-22-38(28-36)50-52-49(35-18-8-3-9-19-35)53-51(54-50)39-26-27-42-44-31-43-41-24-10-11-25-45(41)55(46(43)32-48(44)56-47(42)30-39)40-23-13-21-37(29-40)34-16-6-2-7-17-34/h1-32H. The van der Waals surface area contributed by atoms with E-state index >= 15 is 0 Å². The fourth-order valence-electron chi connectivity index (χ4n) is 7.93. The lowest BCUT2D eigenvalue weighted by Gasteiger charge is -2.10. The molecule has 0 saturated heterocycles. The molecule has 262 valence electrons. The van der Waals surface area contributed by atoms with Crippen LogP contribution in [-0.4, -0.2) is 19.5 Å². The average molecular weight is 717 g/mol. The molecule has 0 unspecified atom stereocenters. The van der Waals surface area contributed by atoms with Crippen molar-refractivity contribution < 1.29 is 4.42 Å². The van der Waals surface area contributed by atoms with Crippen molar-refractivity contribution in [2.45, 2.75) is 0 Å². The highest BCUT2D eigenvalue weighted by Crippen LogP contribution is 2.40. The number of fused-ring (bicyclic) bond motifs is 6. The summed E-state index contributed by atoms with van der Waals surface area (Å²) in [5.74, 6) is 1.82. The Hall–Kier alpha value is -7.63. The number of rotatable bonds is 6. The lowest BCUT2D eigenvalue weighted by molar-refractivity contribution is 0.669. The summed E-state index contributed by atoms with van der Waals surface area (Å²) in [6, 6.07) is 67.5. The number of hydrogen-bond donors (Lipinski definition) is 0. The number of nitrogens with zero attached hydrogens (tertiary/aromatic N) is 4. The summed E-state index contributed by atoms with van der Waals surface area (Å²) in [7, 11) is 0. The van der Waals surface area contributed by atoms with Crippen molar-refractivity contribution in [3.63, 3.8) is 0 Å². The molecule has 56 heavy (non-hydrogen) atoms. The molecule has 0 aliphatic heterocycles. The van der Waals surface area contributed by atoms with Gasteiger partial charge in [-0.15, -0.1) is 0 Å². The largest absolute Gasteiger partial charge is 0.456 e. The first-order valence-corrected chi connectivity index (χ1v) is 18.8. The minimum absolute atomic E-state index is 0.585. The van der Waals surface area contributed by atoms with E-state index in [4.69, 9.17) is 19.4 Å². The van der Waals surface area contributed by atoms with E-state index in [1.54, 1.807) is 0 Å². The summed E-state index contributed by atoms with van der Waals surface area (Å²) in [5.41, 5.74) is 12.3. The van der Waals surface area contributed by atoms with Crippen LogP contribution in [0, 0.1) is 0 Å². The van der Waals surface area contributed by atoms with Crippen molar-refractivity contribution >= 4 is 43.7 Å². The van der Waals surface area contributed by atoms with E-state index in [1.807, 2.05) is 36.4 Å². The second kappa shape index (κ2) is 13.0. The van der Waals surface area contributed by atoms with Gasteiger partial charge in [0.05, 0.1) is 11.0 Å². The average Bonchev–Trinajstić information content (AvgIpc) is 3.80. The van der Waals surface area contributed by atoms with E-state index in [-0.39, 0.29) is 0 Å². The molecule has 0 amide bonds. The molecule has 0 N–H and O–H groups in total. The normalized spacial score (nSPS) is 11.6. The first kappa shape index (κ1) is 31.9. The van der Waals surface area contributed by atoms with Crippen LogP contribution >= 0.6 is 0 Å². The summed E-state index contributed by atoms with van der Waals surface area (Å²) in [4.78, 5) is 15.1. The van der Waals surface area contributed by atoms with Gasteiger partial charge in [0.2, 0.25) is 0 Å². The zero-order chi connectivity index (χ0) is 37.0. The molecule has 5 nitrogen and oxygen atoms in total. The Morgan fingerprint density at radius 1 is 0.304 bits per heavy atom. The maximum absolute atomic E-state index is 6.71. The molecule has 0 spiro atoms. The highest BCUT2D eigenvalue weighted by molar-refractivity contribution is 6.17. The molecule has 11 rings (SSSR count). The third-order valence-electron chi connectivity index (χ3n) is 10.6. The van der Waals surface area contributed by atoms with Crippen LogP contribution in [0.2, 0.25) is 0 Å². The van der Waals surface area contributed by atoms with Crippen LogP contribution in [0.4, 0.5) is 0 Å². The van der Waals surface area contributed by atoms with Gasteiger partial charge in [0.25, 0.3) is 0 Å². The maximum Gasteiger partial charge on any atom is 0.164 e. The third kappa shape index (κ3) is 5.45. The second-order valence-corrected chi connectivity index (χ2v) is 14.1. The number of benzene rings is 8. The van der Waals surface area contributed by atoms with Gasteiger partial charge in [0, 0.05) is 50.0 Å². The smallest absolute Gasteiger partial charge is 0.164 e. The monoisotopic (exact) mass is 716 g/mol. The second-order valence-electron chi connectivity index (χ2n) is 14.1. The molecule has 3 aromatic heterocycles. The predicted molar refractivity (Wildman–Crippen MR) is 229 cm³/mol. The van der Waals surface area contributed by atoms with Gasteiger partial charge in [-0.25, -0.2) is 15.0 Å². The van der Waals surface area contributed by atoms with Crippen LogP contribution in [0.3, 0.4) is 0 Å². The van der Waals surface area contributed by atoms with E-state index in [1.165, 1.54) is 21.9 Å². The lowest BCUT2D eigenvalue weighted by atomic mass is 10.0. The molecule has 0 bridgehead atoms. The van der Waals surface area contributed by atoms with Crippen LogP contribution in [-0.2, 0) is 0 Å². The van der Waals surface area contributed by atoms with Crippen LogP contribution in [0.5, 0.6) is 0 Å². The third-order valence-corrected chi connectivity index (χ3v) is 10.6. The van der Waals surface area contributed by atoms with Crippen LogP contribution in [0.15, 0.2) is 199 Å². The first-order valence-electron chi connectivity index (χ1n) is 18.8. The number of hydrogen-bond acceptors (Lipinski definition) is 4. The van der Waals surface area contributed by atoms with Crippen molar-refractivity contribution in [2.24, 2.45) is 0 Å². The summed E-state index contributed by atoms with van der Waals surface area (Å²) >= 11 is 0. The van der Waals surface area contributed by atoms with E-state index in [0.717, 1.165) is 66.5 Å². The van der Waals surface area contributed by atoms with Crippen LogP contribution < -0.4 is 0 Å². The molecule has 0 aliphatic carbocycles. The van der Waals surface area contributed by atoms with Gasteiger partial charge in [0.15, 0.2) is 17.5 Å². The Labute approximate surface area is 322 Å². The summed E-state index contributed by atoms with van der Waals surface area (Å²) in [6.07, 6.45) is 0.